The fourth-order valence-electron chi connectivity index (χ4n) is 2.52. The van der Waals surface area contributed by atoms with Gasteiger partial charge in [-0.2, -0.15) is 0 Å². The van der Waals surface area contributed by atoms with E-state index in [2.05, 4.69) is 19.1 Å². The van der Waals surface area contributed by atoms with E-state index in [0.29, 0.717) is 5.92 Å². The normalized spacial score (nSPS) is 26.8. The van der Waals surface area contributed by atoms with Crippen LogP contribution in [0.5, 0.6) is 0 Å². The van der Waals surface area contributed by atoms with Gasteiger partial charge in [0, 0.05) is 5.92 Å². The molecule has 0 aromatic heterocycles. The molecule has 1 nitrogen and oxygen atoms in total. The Morgan fingerprint density at radius 1 is 1.06 bits per heavy atom. The summed E-state index contributed by atoms with van der Waals surface area (Å²) in [6.45, 7) is 2.08. The van der Waals surface area contributed by atoms with Crippen molar-refractivity contribution in [3.05, 3.63) is 12.2 Å². The smallest absolute Gasteiger partial charge is 0.0600 e. The molecule has 94 valence electrons. The second-order valence-corrected chi connectivity index (χ2v) is 5.12. The van der Waals surface area contributed by atoms with Crippen LogP contribution in [0.1, 0.15) is 71.1 Å². The lowest BCUT2D eigenvalue weighted by molar-refractivity contribution is 0.120. The highest BCUT2D eigenvalue weighted by molar-refractivity contribution is 4.91. The fraction of sp³-hybridized carbons (Fsp3) is 0.867. The Labute approximate surface area is 101 Å². The van der Waals surface area contributed by atoms with E-state index < -0.39 is 0 Å². The molecular formula is C15H28O. The summed E-state index contributed by atoms with van der Waals surface area (Å²) in [6.07, 6.45) is 17.2. The Hall–Kier alpha value is -0.300. The van der Waals surface area contributed by atoms with E-state index in [1.165, 1.54) is 57.8 Å². The summed E-state index contributed by atoms with van der Waals surface area (Å²) in [5.74, 6) is 0.407. The molecule has 0 aromatic rings. The molecule has 0 saturated heterocycles. The molecule has 1 N–H and O–H groups in total. The third-order valence-electron chi connectivity index (χ3n) is 3.70. The molecule has 0 saturated carbocycles. The maximum atomic E-state index is 9.94. The summed E-state index contributed by atoms with van der Waals surface area (Å²) in [4.78, 5) is 0. The minimum Gasteiger partial charge on any atom is -0.393 e. The molecule has 2 atom stereocenters. The maximum absolute atomic E-state index is 9.94. The predicted octanol–water partition coefficient (Wildman–Crippen LogP) is 4.45. The van der Waals surface area contributed by atoms with E-state index in [1.807, 2.05) is 0 Å². The van der Waals surface area contributed by atoms with Gasteiger partial charge < -0.3 is 5.11 Å². The monoisotopic (exact) mass is 224 g/mol. The van der Waals surface area contributed by atoms with Crippen molar-refractivity contribution < 1.29 is 5.11 Å². The number of rotatable bonds is 2. The summed E-state index contributed by atoms with van der Waals surface area (Å²) in [5, 5.41) is 9.94. The lowest BCUT2D eigenvalue weighted by Crippen LogP contribution is -2.17. The van der Waals surface area contributed by atoms with Crippen LogP contribution in [-0.2, 0) is 0 Å². The van der Waals surface area contributed by atoms with Crippen LogP contribution in [-0.4, -0.2) is 11.2 Å². The standard InChI is InChI=1S/C15H28O/c1-2-15(16)14-12-10-8-6-4-3-5-7-9-11-13-14/h10,12,14-16H,2-9,11,13H2,1H3. The van der Waals surface area contributed by atoms with Crippen LogP contribution in [0.2, 0.25) is 0 Å². The van der Waals surface area contributed by atoms with E-state index >= 15 is 0 Å². The van der Waals surface area contributed by atoms with Gasteiger partial charge in [-0.05, 0) is 25.7 Å². The van der Waals surface area contributed by atoms with Crippen molar-refractivity contribution in [3.8, 4) is 0 Å². The van der Waals surface area contributed by atoms with E-state index in [1.54, 1.807) is 0 Å². The molecule has 2 unspecified atom stereocenters. The first-order valence-electron chi connectivity index (χ1n) is 7.19. The molecule has 1 aliphatic rings. The molecule has 16 heavy (non-hydrogen) atoms. The Bertz CT molecular complexity index is 186. The number of hydrogen-bond acceptors (Lipinski definition) is 1. The Morgan fingerprint density at radius 2 is 1.69 bits per heavy atom. The first-order valence-corrected chi connectivity index (χ1v) is 7.19. The van der Waals surface area contributed by atoms with Crippen molar-refractivity contribution in [2.75, 3.05) is 0 Å². The molecular weight excluding hydrogens is 196 g/mol. The Morgan fingerprint density at radius 3 is 2.38 bits per heavy atom. The van der Waals surface area contributed by atoms with Crippen LogP contribution in [0.25, 0.3) is 0 Å². The van der Waals surface area contributed by atoms with Gasteiger partial charge >= 0.3 is 0 Å². The molecule has 0 bridgehead atoms. The molecule has 0 fully saturated rings. The molecule has 0 spiro atoms. The Kier molecular flexibility index (Phi) is 7.58. The van der Waals surface area contributed by atoms with E-state index in [4.69, 9.17) is 0 Å². The maximum Gasteiger partial charge on any atom is 0.0600 e. The van der Waals surface area contributed by atoms with Crippen molar-refractivity contribution in [1.82, 2.24) is 0 Å². The van der Waals surface area contributed by atoms with Crippen LogP contribution < -0.4 is 0 Å². The number of aliphatic hydroxyl groups excluding tert-OH is 1. The fourth-order valence-corrected chi connectivity index (χ4v) is 2.52. The van der Waals surface area contributed by atoms with E-state index in [0.717, 1.165) is 6.42 Å². The van der Waals surface area contributed by atoms with Gasteiger partial charge in [0.05, 0.1) is 6.10 Å². The minimum atomic E-state index is -0.126. The van der Waals surface area contributed by atoms with Crippen molar-refractivity contribution in [3.63, 3.8) is 0 Å². The zero-order valence-electron chi connectivity index (χ0n) is 10.8. The topological polar surface area (TPSA) is 20.2 Å². The third kappa shape index (κ3) is 5.69. The molecule has 0 amide bonds. The quantitative estimate of drug-likeness (QED) is 0.687. The number of aliphatic hydroxyl groups is 1. The highest BCUT2D eigenvalue weighted by Crippen LogP contribution is 2.20. The second-order valence-electron chi connectivity index (χ2n) is 5.12. The highest BCUT2D eigenvalue weighted by Gasteiger charge is 2.13. The van der Waals surface area contributed by atoms with Gasteiger partial charge in [-0.1, -0.05) is 57.6 Å². The zero-order chi connectivity index (χ0) is 11.6. The van der Waals surface area contributed by atoms with Gasteiger partial charge in [0.25, 0.3) is 0 Å². The van der Waals surface area contributed by atoms with Crippen molar-refractivity contribution in [1.29, 1.82) is 0 Å². The van der Waals surface area contributed by atoms with Crippen molar-refractivity contribution in [2.24, 2.45) is 5.92 Å². The average molecular weight is 224 g/mol. The van der Waals surface area contributed by atoms with Crippen molar-refractivity contribution >= 4 is 0 Å². The van der Waals surface area contributed by atoms with Gasteiger partial charge in [-0.15, -0.1) is 0 Å². The summed E-state index contributed by atoms with van der Waals surface area (Å²) < 4.78 is 0. The van der Waals surface area contributed by atoms with Crippen LogP contribution in [0.4, 0.5) is 0 Å². The van der Waals surface area contributed by atoms with Crippen LogP contribution >= 0.6 is 0 Å². The highest BCUT2D eigenvalue weighted by atomic mass is 16.3. The minimum absolute atomic E-state index is 0.126. The van der Waals surface area contributed by atoms with Gasteiger partial charge in [-0.25, -0.2) is 0 Å². The Balaban J connectivity index is 2.41. The first kappa shape index (κ1) is 13.8. The average Bonchev–Trinajstić information content (AvgIpc) is 2.29. The van der Waals surface area contributed by atoms with Crippen molar-refractivity contribution in [2.45, 2.75) is 77.2 Å². The molecule has 0 radical (unpaired) electrons. The predicted molar refractivity (Wildman–Crippen MR) is 70.5 cm³/mol. The van der Waals surface area contributed by atoms with Crippen LogP contribution in [0.3, 0.4) is 0 Å². The van der Waals surface area contributed by atoms with Gasteiger partial charge in [0.2, 0.25) is 0 Å². The summed E-state index contributed by atoms with van der Waals surface area (Å²) >= 11 is 0. The summed E-state index contributed by atoms with van der Waals surface area (Å²) in [6, 6.07) is 0. The zero-order valence-corrected chi connectivity index (χ0v) is 10.8. The third-order valence-corrected chi connectivity index (χ3v) is 3.70. The molecule has 0 aromatic carbocycles. The molecule has 1 aliphatic carbocycles. The lowest BCUT2D eigenvalue weighted by Gasteiger charge is -2.18. The summed E-state index contributed by atoms with van der Waals surface area (Å²) in [5.41, 5.74) is 0. The van der Waals surface area contributed by atoms with E-state index in [-0.39, 0.29) is 6.10 Å². The van der Waals surface area contributed by atoms with Crippen LogP contribution in [0, 0.1) is 5.92 Å². The SMILES string of the molecule is CCC(O)C1C=CCCCCCCCCC1. The number of hydrogen-bond donors (Lipinski definition) is 1. The largest absolute Gasteiger partial charge is 0.393 e. The lowest BCUT2D eigenvalue weighted by atomic mass is 9.92. The van der Waals surface area contributed by atoms with Gasteiger partial charge in [-0.3, -0.25) is 0 Å². The van der Waals surface area contributed by atoms with Gasteiger partial charge in [0.1, 0.15) is 0 Å². The second kappa shape index (κ2) is 8.81. The molecule has 0 aliphatic heterocycles. The molecule has 0 heterocycles. The van der Waals surface area contributed by atoms with Gasteiger partial charge in [0.15, 0.2) is 0 Å². The number of allylic oxidation sites excluding steroid dienone is 1. The molecule has 1 heteroatoms. The first-order chi connectivity index (χ1) is 7.84. The van der Waals surface area contributed by atoms with E-state index in [9.17, 15) is 5.11 Å². The summed E-state index contributed by atoms with van der Waals surface area (Å²) in [7, 11) is 0. The van der Waals surface area contributed by atoms with Crippen LogP contribution in [0.15, 0.2) is 12.2 Å². The molecule has 1 rings (SSSR count).